The van der Waals surface area contributed by atoms with Crippen molar-refractivity contribution in [3.63, 3.8) is 0 Å². The summed E-state index contributed by atoms with van der Waals surface area (Å²) >= 11 is 14.9. The quantitative estimate of drug-likeness (QED) is 0.571. The van der Waals surface area contributed by atoms with Gasteiger partial charge in [0.1, 0.15) is 0 Å². The molecule has 2 fully saturated rings. The van der Waals surface area contributed by atoms with Crippen LogP contribution in [0.4, 0.5) is 0 Å². The zero-order valence-electron chi connectivity index (χ0n) is 8.61. The van der Waals surface area contributed by atoms with Crippen LogP contribution in [0.5, 0.6) is 0 Å². The first-order valence-electron chi connectivity index (χ1n) is 5.00. The Bertz CT molecular complexity index is 293. The van der Waals surface area contributed by atoms with Crippen LogP contribution in [0, 0.1) is 10.8 Å². The van der Waals surface area contributed by atoms with Gasteiger partial charge in [0.15, 0.2) is 0 Å². The molecule has 0 spiro atoms. The van der Waals surface area contributed by atoms with E-state index in [0.29, 0.717) is 0 Å². The number of alkyl halides is 4. The molecule has 2 aliphatic carbocycles. The van der Waals surface area contributed by atoms with Gasteiger partial charge in [-0.15, -0.1) is 0 Å². The minimum atomic E-state index is -0.319. The Morgan fingerprint density at radius 3 is 2.07 bits per heavy atom. The highest BCUT2D eigenvalue weighted by molar-refractivity contribution is 9.24. The lowest BCUT2D eigenvalue weighted by atomic mass is 9.65. The van der Waals surface area contributed by atoms with E-state index < -0.39 is 0 Å². The van der Waals surface area contributed by atoms with Gasteiger partial charge in [-0.2, -0.15) is 0 Å². The molecule has 0 aliphatic heterocycles. The van der Waals surface area contributed by atoms with Crippen LogP contribution in [0.2, 0.25) is 0 Å². The SMILES string of the molecule is CC1(C)[C@H](O)[C@@]2(Br)CC[C@@]1(C(Br)Br)[C@@H]2Br. The lowest BCUT2D eigenvalue weighted by Crippen LogP contribution is -2.48. The first kappa shape index (κ1) is 13.3. The molecule has 0 unspecified atom stereocenters. The molecule has 1 N–H and O–H groups in total. The molecule has 1 nitrogen and oxygen atoms in total. The molecule has 2 bridgehead atoms. The van der Waals surface area contributed by atoms with Crippen molar-refractivity contribution in [2.75, 3.05) is 0 Å². The monoisotopic (exact) mass is 466 g/mol. The average Bonchev–Trinajstić information content (AvgIpc) is 2.45. The van der Waals surface area contributed by atoms with Crippen molar-refractivity contribution in [3.8, 4) is 0 Å². The molecule has 0 saturated heterocycles. The predicted molar refractivity (Wildman–Crippen MR) is 77.5 cm³/mol. The van der Waals surface area contributed by atoms with Crippen LogP contribution in [0.1, 0.15) is 26.7 Å². The fourth-order valence-corrected chi connectivity index (χ4v) is 8.98. The first-order chi connectivity index (χ1) is 6.71. The fraction of sp³-hybridized carbons (Fsp3) is 1.00. The third-order valence-electron chi connectivity index (χ3n) is 4.52. The van der Waals surface area contributed by atoms with E-state index in [-0.39, 0.29) is 29.8 Å². The van der Waals surface area contributed by atoms with E-state index >= 15 is 0 Å². The number of aliphatic hydroxyl groups excluding tert-OH is 1. The third-order valence-corrected chi connectivity index (χ3v) is 9.69. The van der Waals surface area contributed by atoms with Crippen molar-refractivity contribution >= 4 is 63.7 Å². The maximum atomic E-state index is 10.5. The molecule has 0 aromatic heterocycles. The lowest BCUT2D eigenvalue weighted by molar-refractivity contribution is -0.0213. The van der Waals surface area contributed by atoms with E-state index in [0.717, 1.165) is 12.8 Å². The van der Waals surface area contributed by atoms with Gasteiger partial charge in [0.2, 0.25) is 0 Å². The molecule has 88 valence electrons. The lowest BCUT2D eigenvalue weighted by Gasteiger charge is -2.46. The Labute approximate surface area is 124 Å². The minimum Gasteiger partial charge on any atom is -0.391 e. The fourth-order valence-electron chi connectivity index (χ4n) is 3.36. The van der Waals surface area contributed by atoms with Gasteiger partial charge in [0, 0.05) is 15.7 Å². The van der Waals surface area contributed by atoms with E-state index in [2.05, 4.69) is 77.6 Å². The van der Waals surface area contributed by atoms with E-state index in [1.54, 1.807) is 0 Å². The second kappa shape index (κ2) is 3.69. The van der Waals surface area contributed by atoms with Gasteiger partial charge in [0.05, 0.1) is 14.2 Å². The number of halogens is 4. The molecular formula is C10H14Br4O. The van der Waals surface area contributed by atoms with Gasteiger partial charge in [-0.25, -0.2) is 0 Å². The molecule has 4 atom stereocenters. The van der Waals surface area contributed by atoms with Gasteiger partial charge in [-0.3, -0.25) is 0 Å². The summed E-state index contributed by atoms with van der Waals surface area (Å²) in [6.07, 6.45) is 1.81. The van der Waals surface area contributed by atoms with E-state index in [1.165, 1.54) is 0 Å². The van der Waals surface area contributed by atoms with Crippen LogP contribution in [0.3, 0.4) is 0 Å². The molecule has 0 amide bonds. The Balaban J connectivity index is 2.56. The molecular weight excluding hydrogens is 456 g/mol. The minimum absolute atomic E-state index is 0.0515. The predicted octanol–water partition coefficient (Wildman–Crippen LogP) is 4.18. The standard InChI is InChI=1S/C10H14Br4O/c1-8(2)6(15)10(14)4-3-9(8,5(10)11)7(12)13/h5-7,15H,3-4H2,1-2H3/t5-,6-,9-,10+/m0/s1. The molecule has 15 heavy (non-hydrogen) atoms. The zero-order chi connectivity index (χ0) is 11.6. The Morgan fingerprint density at radius 2 is 1.80 bits per heavy atom. The van der Waals surface area contributed by atoms with Crippen molar-refractivity contribution < 1.29 is 5.11 Å². The van der Waals surface area contributed by atoms with Gasteiger partial charge < -0.3 is 5.11 Å². The van der Waals surface area contributed by atoms with Gasteiger partial charge >= 0.3 is 0 Å². The number of hydrogen-bond donors (Lipinski definition) is 1. The highest BCUT2D eigenvalue weighted by Gasteiger charge is 2.75. The number of hydrogen-bond acceptors (Lipinski definition) is 1. The van der Waals surface area contributed by atoms with E-state index in [1.807, 2.05) is 0 Å². The maximum absolute atomic E-state index is 10.5. The van der Waals surface area contributed by atoms with Gasteiger partial charge in [0.25, 0.3) is 0 Å². The summed E-state index contributed by atoms with van der Waals surface area (Å²) in [6, 6.07) is 0. The maximum Gasteiger partial charge on any atom is 0.0771 e. The molecule has 2 aliphatic rings. The molecule has 0 aromatic rings. The van der Waals surface area contributed by atoms with Crippen molar-refractivity contribution in [3.05, 3.63) is 0 Å². The molecule has 0 radical (unpaired) electrons. The normalized spacial score (nSPS) is 52.8. The Hall–Kier alpha value is 1.88. The molecule has 5 heteroatoms. The highest BCUT2D eigenvalue weighted by Crippen LogP contribution is 2.73. The van der Waals surface area contributed by atoms with Crippen LogP contribution in [0.25, 0.3) is 0 Å². The van der Waals surface area contributed by atoms with Gasteiger partial charge in [-0.05, 0) is 12.8 Å². The van der Waals surface area contributed by atoms with Gasteiger partial charge in [-0.1, -0.05) is 77.6 Å². The Kier molecular flexibility index (Phi) is 3.27. The zero-order valence-corrected chi connectivity index (χ0v) is 14.9. The number of fused-ring (bicyclic) bond motifs is 2. The van der Waals surface area contributed by atoms with Crippen LogP contribution in [0.15, 0.2) is 0 Å². The van der Waals surface area contributed by atoms with Crippen molar-refractivity contribution in [2.45, 2.75) is 45.7 Å². The average molecular weight is 470 g/mol. The smallest absolute Gasteiger partial charge is 0.0771 e. The number of rotatable bonds is 1. The summed E-state index contributed by atoms with van der Waals surface area (Å²) in [7, 11) is 0. The Morgan fingerprint density at radius 1 is 1.27 bits per heavy atom. The summed E-state index contributed by atoms with van der Waals surface area (Å²) in [5, 5.41) is 10.5. The second-order valence-corrected chi connectivity index (χ2v) is 10.7. The van der Waals surface area contributed by atoms with Crippen molar-refractivity contribution in [1.29, 1.82) is 0 Å². The van der Waals surface area contributed by atoms with E-state index in [9.17, 15) is 5.11 Å². The van der Waals surface area contributed by atoms with Crippen LogP contribution in [-0.4, -0.2) is 24.1 Å². The largest absolute Gasteiger partial charge is 0.391 e. The van der Waals surface area contributed by atoms with Crippen LogP contribution >= 0.6 is 63.7 Å². The van der Waals surface area contributed by atoms with Crippen LogP contribution < -0.4 is 0 Å². The molecule has 0 heterocycles. The number of aliphatic hydroxyl groups is 1. The van der Waals surface area contributed by atoms with Crippen molar-refractivity contribution in [1.82, 2.24) is 0 Å². The summed E-state index contributed by atoms with van der Waals surface area (Å²) in [5.41, 5.74) is -0.0590. The van der Waals surface area contributed by atoms with E-state index in [4.69, 9.17) is 0 Å². The highest BCUT2D eigenvalue weighted by atomic mass is 79.9. The van der Waals surface area contributed by atoms with Crippen molar-refractivity contribution in [2.24, 2.45) is 10.8 Å². The topological polar surface area (TPSA) is 20.2 Å². The van der Waals surface area contributed by atoms with Crippen LogP contribution in [-0.2, 0) is 0 Å². The second-order valence-electron chi connectivity index (χ2n) is 5.25. The summed E-state index contributed by atoms with van der Waals surface area (Å²) < 4.78 is 0.0458. The molecule has 2 rings (SSSR count). The molecule has 2 saturated carbocycles. The summed E-state index contributed by atoms with van der Waals surface area (Å²) in [6.45, 7) is 4.31. The first-order valence-corrected chi connectivity index (χ1v) is 8.54. The summed E-state index contributed by atoms with van der Waals surface area (Å²) in [5.74, 6) is 0. The summed E-state index contributed by atoms with van der Waals surface area (Å²) in [4.78, 5) is 0.284. The third kappa shape index (κ3) is 1.33. The molecule has 0 aromatic carbocycles.